The third kappa shape index (κ3) is 14.9. The zero-order chi connectivity index (χ0) is 14.2. The lowest BCUT2D eigenvalue weighted by Gasteiger charge is -2.03. The van der Waals surface area contributed by atoms with Gasteiger partial charge in [-0.2, -0.15) is 5.26 Å². The first kappa shape index (κ1) is 18.0. The highest BCUT2D eigenvalue weighted by Crippen LogP contribution is 2.11. The van der Waals surface area contributed by atoms with E-state index in [0.717, 1.165) is 12.8 Å². The Labute approximate surface area is 118 Å². The van der Waals surface area contributed by atoms with Crippen molar-refractivity contribution in [2.75, 3.05) is 6.61 Å². The number of nitrogens with zero attached hydrogens (tertiary/aromatic N) is 1. The van der Waals surface area contributed by atoms with E-state index in [9.17, 15) is 4.79 Å². The average molecular weight is 267 g/mol. The second kappa shape index (κ2) is 15.0. The summed E-state index contributed by atoms with van der Waals surface area (Å²) in [4.78, 5) is 10.5. The summed E-state index contributed by atoms with van der Waals surface area (Å²) in [5, 5.41) is 8.20. The largest absolute Gasteiger partial charge is 0.455 e. The minimum absolute atomic E-state index is 0.393. The van der Waals surface area contributed by atoms with E-state index >= 15 is 0 Å². The van der Waals surface area contributed by atoms with Crippen LogP contribution in [0.2, 0.25) is 0 Å². The van der Waals surface area contributed by atoms with Crippen molar-refractivity contribution in [2.45, 2.75) is 84.0 Å². The predicted molar refractivity (Wildman–Crippen MR) is 77.7 cm³/mol. The fourth-order valence-electron chi connectivity index (χ4n) is 2.14. The van der Waals surface area contributed by atoms with Crippen LogP contribution in [0.15, 0.2) is 0 Å². The molecule has 3 heteroatoms. The maximum Gasteiger partial charge on any atom is 0.411 e. The van der Waals surface area contributed by atoms with Gasteiger partial charge in [-0.15, -0.1) is 0 Å². The number of rotatable bonds is 13. The van der Waals surface area contributed by atoms with Crippen molar-refractivity contribution in [3.63, 3.8) is 0 Å². The van der Waals surface area contributed by atoms with Gasteiger partial charge in [0.1, 0.15) is 0 Å². The van der Waals surface area contributed by atoms with E-state index in [2.05, 4.69) is 11.7 Å². The van der Waals surface area contributed by atoms with E-state index in [1.165, 1.54) is 70.3 Å². The number of nitriles is 1. The van der Waals surface area contributed by atoms with Crippen LogP contribution in [0.1, 0.15) is 84.0 Å². The molecule has 0 saturated heterocycles. The average Bonchev–Trinajstić information content (AvgIpc) is 2.43. The molecule has 19 heavy (non-hydrogen) atoms. The van der Waals surface area contributed by atoms with Gasteiger partial charge in [0.25, 0.3) is 0 Å². The van der Waals surface area contributed by atoms with Crippen LogP contribution in [-0.4, -0.2) is 12.6 Å². The fourth-order valence-corrected chi connectivity index (χ4v) is 2.14. The van der Waals surface area contributed by atoms with Crippen molar-refractivity contribution in [2.24, 2.45) is 0 Å². The summed E-state index contributed by atoms with van der Waals surface area (Å²) in [6.45, 7) is 2.64. The summed E-state index contributed by atoms with van der Waals surface area (Å²) in [5.74, 6) is -0.761. The first-order chi connectivity index (χ1) is 9.31. The molecule has 0 aromatic carbocycles. The lowest BCUT2D eigenvalue weighted by Crippen LogP contribution is -2.02. The molecule has 0 aliphatic carbocycles. The lowest BCUT2D eigenvalue weighted by molar-refractivity contribution is -0.137. The number of unbranched alkanes of at least 4 members (excludes halogenated alkanes) is 11. The molecule has 0 radical (unpaired) electrons. The lowest BCUT2D eigenvalue weighted by atomic mass is 10.1. The third-order valence-corrected chi connectivity index (χ3v) is 3.32. The smallest absolute Gasteiger partial charge is 0.411 e. The highest BCUT2D eigenvalue weighted by Gasteiger charge is 1.98. The summed E-state index contributed by atoms with van der Waals surface area (Å²) in [6.07, 6.45) is 15.4. The van der Waals surface area contributed by atoms with Crippen LogP contribution >= 0.6 is 0 Å². The van der Waals surface area contributed by atoms with Crippen LogP contribution < -0.4 is 0 Å². The van der Waals surface area contributed by atoms with Crippen molar-refractivity contribution in [1.29, 1.82) is 5.26 Å². The van der Waals surface area contributed by atoms with Gasteiger partial charge >= 0.3 is 5.97 Å². The Bertz CT molecular complexity index is 246. The summed E-state index contributed by atoms with van der Waals surface area (Å²) in [7, 11) is 0. The molecule has 0 rings (SSSR count). The van der Waals surface area contributed by atoms with Crippen molar-refractivity contribution in [1.82, 2.24) is 0 Å². The van der Waals surface area contributed by atoms with Crippen LogP contribution in [-0.2, 0) is 9.53 Å². The molecule has 0 bridgehead atoms. The van der Waals surface area contributed by atoms with Crippen molar-refractivity contribution in [3.05, 3.63) is 0 Å². The second-order valence-corrected chi connectivity index (χ2v) is 5.14. The molecular weight excluding hydrogens is 238 g/mol. The van der Waals surface area contributed by atoms with Crippen LogP contribution in [0.4, 0.5) is 0 Å². The first-order valence-corrected chi connectivity index (χ1v) is 7.88. The van der Waals surface area contributed by atoms with E-state index in [4.69, 9.17) is 5.26 Å². The molecule has 0 saturated carbocycles. The monoisotopic (exact) mass is 267 g/mol. The molecule has 0 aromatic rings. The van der Waals surface area contributed by atoms with E-state index in [0.29, 0.717) is 6.61 Å². The van der Waals surface area contributed by atoms with Gasteiger partial charge in [0.15, 0.2) is 6.07 Å². The predicted octanol–water partition coefficient (Wildman–Crippen LogP) is 4.75. The molecule has 0 N–H and O–H groups in total. The molecule has 0 aliphatic rings. The zero-order valence-corrected chi connectivity index (χ0v) is 12.5. The molecule has 3 nitrogen and oxygen atoms in total. The first-order valence-electron chi connectivity index (χ1n) is 7.88. The number of ether oxygens (including phenoxy) is 1. The third-order valence-electron chi connectivity index (χ3n) is 3.32. The molecule has 0 aromatic heterocycles. The van der Waals surface area contributed by atoms with Gasteiger partial charge in [0.05, 0.1) is 6.61 Å². The van der Waals surface area contributed by atoms with E-state index < -0.39 is 5.97 Å². The fraction of sp³-hybridized carbons (Fsp3) is 0.875. The second-order valence-electron chi connectivity index (χ2n) is 5.14. The standard InChI is InChI=1S/C16H29NO2/c1-2-3-4-5-6-7-8-9-10-11-12-13-14-19-16(18)15-17/h2-14H2,1H3. The Morgan fingerprint density at radius 2 is 1.26 bits per heavy atom. The van der Waals surface area contributed by atoms with Crippen molar-refractivity contribution in [3.8, 4) is 6.07 Å². The number of esters is 1. The normalized spacial score (nSPS) is 10.1. The maximum absolute atomic E-state index is 10.5. The van der Waals surface area contributed by atoms with E-state index in [1.807, 2.05) is 0 Å². The van der Waals surface area contributed by atoms with Crippen LogP contribution in [0.25, 0.3) is 0 Å². The minimum Gasteiger partial charge on any atom is -0.455 e. The summed E-state index contributed by atoms with van der Waals surface area (Å²) in [6, 6.07) is 1.45. The van der Waals surface area contributed by atoms with Gasteiger partial charge in [0.2, 0.25) is 0 Å². The summed E-state index contributed by atoms with van der Waals surface area (Å²) in [5.41, 5.74) is 0. The molecule has 110 valence electrons. The molecule has 0 aliphatic heterocycles. The maximum atomic E-state index is 10.5. The van der Waals surface area contributed by atoms with E-state index in [1.54, 1.807) is 0 Å². The Kier molecular flexibility index (Phi) is 14.2. The van der Waals surface area contributed by atoms with Gasteiger partial charge in [-0.05, 0) is 6.42 Å². The van der Waals surface area contributed by atoms with Gasteiger partial charge in [-0.3, -0.25) is 0 Å². The molecule has 0 fully saturated rings. The van der Waals surface area contributed by atoms with Crippen molar-refractivity contribution < 1.29 is 9.53 Å². The number of carbonyl (C=O) groups excluding carboxylic acids is 1. The topological polar surface area (TPSA) is 50.1 Å². The molecule has 0 unspecified atom stereocenters. The number of carbonyl (C=O) groups is 1. The summed E-state index contributed by atoms with van der Waals surface area (Å²) < 4.78 is 4.68. The Morgan fingerprint density at radius 1 is 0.842 bits per heavy atom. The van der Waals surface area contributed by atoms with Crippen LogP contribution in [0.5, 0.6) is 0 Å². The van der Waals surface area contributed by atoms with Gasteiger partial charge in [-0.1, -0.05) is 77.6 Å². The molecule has 0 heterocycles. The zero-order valence-electron chi connectivity index (χ0n) is 12.5. The SMILES string of the molecule is CCCCCCCCCCCCCCOC(=O)C#N. The molecule has 0 atom stereocenters. The molecule has 0 spiro atoms. The number of hydrogen-bond acceptors (Lipinski definition) is 3. The Balaban J connectivity index is 2.99. The quantitative estimate of drug-likeness (QED) is 0.275. The molecule has 0 amide bonds. The highest BCUT2D eigenvalue weighted by molar-refractivity contribution is 5.85. The number of hydrogen-bond donors (Lipinski definition) is 0. The highest BCUT2D eigenvalue weighted by atomic mass is 16.5. The molecular formula is C16H29NO2. The summed E-state index contributed by atoms with van der Waals surface area (Å²) >= 11 is 0. The van der Waals surface area contributed by atoms with Crippen LogP contribution in [0, 0.1) is 11.3 Å². The van der Waals surface area contributed by atoms with Gasteiger partial charge in [0, 0.05) is 0 Å². The Morgan fingerprint density at radius 3 is 1.68 bits per heavy atom. The van der Waals surface area contributed by atoms with Gasteiger partial charge < -0.3 is 4.74 Å². The minimum atomic E-state index is -0.761. The van der Waals surface area contributed by atoms with Gasteiger partial charge in [-0.25, -0.2) is 4.79 Å². The van der Waals surface area contributed by atoms with Crippen LogP contribution in [0.3, 0.4) is 0 Å². The van der Waals surface area contributed by atoms with E-state index in [-0.39, 0.29) is 0 Å². The van der Waals surface area contributed by atoms with Crippen molar-refractivity contribution >= 4 is 5.97 Å². The Hall–Kier alpha value is -1.04.